The van der Waals surface area contributed by atoms with Crippen molar-refractivity contribution >= 4 is 27.7 Å². The minimum absolute atomic E-state index is 0.186. The molecule has 138 valence electrons. The van der Waals surface area contributed by atoms with E-state index in [2.05, 4.69) is 48.8 Å². The van der Waals surface area contributed by atoms with Crippen LogP contribution in [-0.4, -0.2) is 12.1 Å². The number of ether oxygens (including phenoxy) is 1. The third-order valence-electron chi connectivity index (χ3n) is 4.84. The first-order valence-electron chi connectivity index (χ1n) is 9.24. The highest BCUT2D eigenvalue weighted by Crippen LogP contribution is 2.38. The number of hydrogen-bond acceptors (Lipinski definition) is 2. The van der Waals surface area contributed by atoms with Crippen molar-refractivity contribution in [2.75, 3.05) is 4.90 Å². The summed E-state index contributed by atoms with van der Waals surface area (Å²) in [6.45, 7) is 6.78. The zero-order valence-electron chi connectivity index (χ0n) is 15.7. The van der Waals surface area contributed by atoms with E-state index in [9.17, 15) is 4.79 Å². The topological polar surface area (TPSA) is 29.5 Å². The molecule has 0 bridgehead atoms. The van der Waals surface area contributed by atoms with Crippen molar-refractivity contribution in [1.82, 2.24) is 0 Å². The maximum atomic E-state index is 13.1. The summed E-state index contributed by atoms with van der Waals surface area (Å²) in [5.41, 5.74) is 4.36. The molecule has 1 aliphatic rings. The van der Waals surface area contributed by atoms with Gasteiger partial charge in [-0.15, -0.1) is 0 Å². The number of fused-ring (bicyclic) bond motifs is 1. The number of amides is 1. The van der Waals surface area contributed by atoms with E-state index in [1.807, 2.05) is 35.2 Å². The van der Waals surface area contributed by atoms with E-state index in [1.165, 1.54) is 5.56 Å². The molecule has 0 fully saturated rings. The number of hydrogen-bond donors (Lipinski definition) is 0. The third kappa shape index (κ3) is 4.29. The molecule has 1 unspecified atom stereocenters. The zero-order chi connectivity index (χ0) is 18.7. The molecule has 1 amide bonds. The van der Waals surface area contributed by atoms with Crippen LogP contribution in [0.4, 0.5) is 10.5 Å². The molecule has 3 nitrogen and oxygen atoms in total. The first kappa shape index (κ1) is 19.0. The van der Waals surface area contributed by atoms with E-state index >= 15 is 0 Å². The number of halogens is 1. The molecule has 0 aromatic heterocycles. The van der Waals surface area contributed by atoms with E-state index in [1.54, 1.807) is 0 Å². The molecular weight excluding hydrogens is 390 g/mol. The molecule has 0 saturated heterocycles. The standard InChI is InChI=1S/C22H26BrNO2/c1-15(2)11-20-10-9-18-13-19(23)12-16(3)21(18)24(20)22(25)26-14-17-7-5-4-6-8-17/h4-8,12-13,15,20H,9-11,14H2,1-3H3. The summed E-state index contributed by atoms with van der Waals surface area (Å²) in [5, 5.41) is 0. The molecule has 0 aliphatic carbocycles. The van der Waals surface area contributed by atoms with E-state index in [0.29, 0.717) is 12.5 Å². The fourth-order valence-electron chi connectivity index (χ4n) is 3.77. The van der Waals surface area contributed by atoms with Crippen LogP contribution in [0.5, 0.6) is 0 Å². The van der Waals surface area contributed by atoms with Crippen molar-refractivity contribution in [2.24, 2.45) is 5.92 Å². The van der Waals surface area contributed by atoms with Gasteiger partial charge in [0.25, 0.3) is 0 Å². The van der Waals surface area contributed by atoms with E-state index in [-0.39, 0.29) is 12.1 Å². The van der Waals surface area contributed by atoms with Gasteiger partial charge in [-0.25, -0.2) is 4.79 Å². The van der Waals surface area contributed by atoms with Crippen LogP contribution >= 0.6 is 15.9 Å². The van der Waals surface area contributed by atoms with Gasteiger partial charge in [0.1, 0.15) is 6.61 Å². The molecule has 1 aliphatic heterocycles. The first-order valence-corrected chi connectivity index (χ1v) is 10.0. The lowest BCUT2D eigenvalue weighted by Crippen LogP contribution is -2.45. The Morgan fingerprint density at radius 3 is 2.69 bits per heavy atom. The number of rotatable bonds is 4. The molecule has 0 spiro atoms. The SMILES string of the molecule is Cc1cc(Br)cc2c1N(C(=O)OCc1ccccc1)C(CC(C)C)CC2. The summed E-state index contributed by atoms with van der Waals surface area (Å²) in [6, 6.07) is 14.2. The normalized spacial score (nSPS) is 16.5. The van der Waals surface area contributed by atoms with Gasteiger partial charge in [-0.05, 0) is 60.9 Å². The summed E-state index contributed by atoms with van der Waals surface area (Å²) in [4.78, 5) is 15.0. The quantitative estimate of drug-likeness (QED) is 0.589. The predicted molar refractivity (Wildman–Crippen MR) is 110 cm³/mol. The molecule has 0 N–H and O–H groups in total. The van der Waals surface area contributed by atoms with Crippen molar-refractivity contribution in [1.29, 1.82) is 0 Å². The third-order valence-corrected chi connectivity index (χ3v) is 5.30. The summed E-state index contributed by atoms with van der Waals surface area (Å²) in [5.74, 6) is 0.529. The second kappa shape index (κ2) is 8.26. The fourth-order valence-corrected chi connectivity index (χ4v) is 4.39. The summed E-state index contributed by atoms with van der Waals surface area (Å²) in [7, 11) is 0. The number of benzene rings is 2. The van der Waals surface area contributed by atoms with Gasteiger partial charge in [0.05, 0.1) is 5.69 Å². The van der Waals surface area contributed by atoms with E-state index in [0.717, 1.165) is 40.5 Å². The lowest BCUT2D eigenvalue weighted by molar-refractivity contribution is 0.142. The molecule has 2 aromatic rings. The number of carbonyl (C=O) groups excluding carboxylic acids is 1. The van der Waals surface area contributed by atoms with Crippen molar-refractivity contribution in [2.45, 2.75) is 52.7 Å². The Morgan fingerprint density at radius 1 is 1.27 bits per heavy atom. The highest BCUT2D eigenvalue weighted by atomic mass is 79.9. The van der Waals surface area contributed by atoms with Gasteiger partial charge in [0.15, 0.2) is 0 Å². The number of carbonyl (C=O) groups is 1. The fraction of sp³-hybridized carbons (Fsp3) is 0.409. The maximum Gasteiger partial charge on any atom is 0.414 e. The molecule has 26 heavy (non-hydrogen) atoms. The lowest BCUT2D eigenvalue weighted by Gasteiger charge is -2.38. The van der Waals surface area contributed by atoms with Gasteiger partial charge in [-0.3, -0.25) is 4.90 Å². The second-order valence-corrected chi connectivity index (χ2v) is 8.38. The van der Waals surface area contributed by atoms with Crippen molar-refractivity contribution in [3.8, 4) is 0 Å². The maximum absolute atomic E-state index is 13.1. The van der Waals surface area contributed by atoms with Gasteiger partial charge < -0.3 is 4.74 Å². The van der Waals surface area contributed by atoms with E-state index in [4.69, 9.17) is 4.74 Å². The number of aryl methyl sites for hydroxylation is 2. The molecule has 2 aromatic carbocycles. The Bertz CT molecular complexity index is 773. The molecule has 0 radical (unpaired) electrons. The van der Waals surface area contributed by atoms with Crippen molar-refractivity contribution in [3.05, 3.63) is 63.6 Å². The average molecular weight is 416 g/mol. The van der Waals surface area contributed by atoms with Crippen molar-refractivity contribution in [3.63, 3.8) is 0 Å². The number of anilines is 1. The second-order valence-electron chi connectivity index (χ2n) is 7.46. The van der Waals surface area contributed by atoms with Crippen LogP contribution in [-0.2, 0) is 17.8 Å². The van der Waals surface area contributed by atoms with Crippen LogP contribution in [0.1, 0.15) is 43.4 Å². The van der Waals surface area contributed by atoms with Crippen LogP contribution in [0.15, 0.2) is 46.9 Å². The first-order chi connectivity index (χ1) is 12.5. The van der Waals surface area contributed by atoms with Gasteiger partial charge in [-0.1, -0.05) is 60.1 Å². The Kier molecular flexibility index (Phi) is 6.02. The van der Waals surface area contributed by atoms with Crippen LogP contribution in [0.3, 0.4) is 0 Å². The Morgan fingerprint density at radius 2 is 2.00 bits per heavy atom. The van der Waals surface area contributed by atoms with Crippen LogP contribution in [0, 0.1) is 12.8 Å². The Labute approximate surface area is 164 Å². The van der Waals surface area contributed by atoms with Crippen molar-refractivity contribution < 1.29 is 9.53 Å². The summed E-state index contributed by atoms with van der Waals surface area (Å²) in [6.07, 6.45) is 2.71. The number of nitrogens with zero attached hydrogens (tertiary/aromatic N) is 1. The minimum Gasteiger partial charge on any atom is -0.444 e. The molecular formula is C22H26BrNO2. The minimum atomic E-state index is -0.245. The van der Waals surface area contributed by atoms with Gasteiger partial charge in [0, 0.05) is 10.5 Å². The Balaban J connectivity index is 1.88. The monoisotopic (exact) mass is 415 g/mol. The van der Waals surface area contributed by atoms with E-state index < -0.39 is 0 Å². The summed E-state index contributed by atoms with van der Waals surface area (Å²) >= 11 is 3.58. The van der Waals surface area contributed by atoms with Gasteiger partial charge in [-0.2, -0.15) is 0 Å². The predicted octanol–water partition coefficient (Wildman–Crippen LogP) is 6.26. The molecule has 1 atom stereocenters. The molecule has 0 saturated carbocycles. The van der Waals surface area contributed by atoms with Gasteiger partial charge >= 0.3 is 6.09 Å². The van der Waals surface area contributed by atoms with Crippen LogP contribution < -0.4 is 4.90 Å². The smallest absolute Gasteiger partial charge is 0.414 e. The molecule has 3 rings (SSSR count). The summed E-state index contributed by atoms with van der Waals surface area (Å²) < 4.78 is 6.76. The molecule has 1 heterocycles. The van der Waals surface area contributed by atoms with Gasteiger partial charge in [0.2, 0.25) is 0 Å². The lowest BCUT2D eigenvalue weighted by atomic mass is 9.89. The zero-order valence-corrected chi connectivity index (χ0v) is 17.3. The van der Waals surface area contributed by atoms with Crippen LogP contribution in [0.2, 0.25) is 0 Å². The average Bonchev–Trinajstić information content (AvgIpc) is 2.60. The Hall–Kier alpha value is -1.81. The van der Waals surface area contributed by atoms with Crippen LogP contribution in [0.25, 0.3) is 0 Å². The highest BCUT2D eigenvalue weighted by Gasteiger charge is 2.33. The largest absolute Gasteiger partial charge is 0.444 e. The highest BCUT2D eigenvalue weighted by molar-refractivity contribution is 9.10. The molecule has 4 heteroatoms.